The number of halogens is 3. The van der Waals surface area contributed by atoms with Crippen LogP contribution in [-0.4, -0.2) is 34.6 Å². The number of carbonyl (C=O) groups excluding carboxylic acids is 2. The highest BCUT2D eigenvalue weighted by atomic mass is 79.9. The van der Waals surface area contributed by atoms with Crippen LogP contribution in [0.1, 0.15) is 50.2 Å². The van der Waals surface area contributed by atoms with E-state index in [0.29, 0.717) is 22.3 Å². The number of benzene rings is 2. The molecular weight excluding hydrogens is 543 g/mol. The van der Waals surface area contributed by atoms with Gasteiger partial charge >= 0.3 is 0 Å². The van der Waals surface area contributed by atoms with Crippen LogP contribution in [0.4, 0.5) is 0 Å². The predicted molar refractivity (Wildman–Crippen MR) is 142 cm³/mol. The number of hydrogen-bond donors (Lipinski definition) is 1. The van der Waals surface area contributed by atoms with Crippen molar-refractivity contribution in [3.8, 4) is 0 Å². The molecule has 0 unspecified atom stereocenters. The van der Waals surface area contributed by atoms with Crippen molar-refractivity contribution in [3.63, 3.8) is 0 Å². The SMILES string of the molecule is C[C@H](C(=O)NC1CCCCC1)N(Cc1ccc(Br)cc1)C(=O)CSCc1ccc(Cl)c(Cl)c1. The molecule has 1 aliphatic carbocycles. The molecule has 178 valence electrons. The van der Waals surface area contributed by atoms with Crippen LogP contribution in [0.25, 0.3) is 0 Å². The van der Waals surface area contributed by atoms with Gasteiger partial charge in [0.1, 0.15) is 6.04 Å². The highest BCUT2D eigenvalue weighted by molar-refractivity contribution is 9.10. The molecule has 1 saturated carbocycles. The van der Waals surface area contributed by atoms with Gasteiger partial charge in [-0.2, -0.15) is 0 Å². The number of nitrogens with zero attached hydrogens (tertiary/aromatic N) is 1. The van der Waals surface area contributed by atoms with Crippen LogP contribution in [0.2, 0.25) is 10.0 Å². The lowest BCUT2D eigenvalue weighted by molar-refractivity contribution is -0.139. The maximum absolute atomic E-state index is 13.2. The van der Waals surface area contributed by atoms with E-state index in [4.69, 9.17) is 23.2 Å². The van der Waals surface area contributed by atoms with Gasteiger partial charge in [0.15, 0.2) is 0 Å². The zero-order valence-corrected chi connectivity index (χ0v) is 22.6. The lowest BCUT2D eigenvalue weighted by Crippen LogP contribution is -2.50. The first-order chi connectivity index (χ1) is 15.8. The Bertz CT molecular complexity index is 952. The third kappa shape index (κ3) is 8.20. The molecule has 3 rings (SSSR count). The minimum Gasteiger partial charge on any atom is -0.352 e. The van der Waals surface area contributed by atoms with E-state index in [1.165, 1.54) is 18.2 Å². The van der Waals surface area contributed by atoms with E-state index >= 15 is 0 Å². The Labute approximate surface area is 218 Å². The van der Waals surface area contributed by atoms with Gasteiger partial charge in [0.2, 0.25) is 11.8 Å². The summed E-state index contributed by atoms with van der Waals surface area (Å²) >= 11 is 17.0. The number of carbonyl (C=O) groups is 2. The van der Waals surface area contributed by atoms with E-state index in [1.54, 1.807) is 11.0 Å². The summed E-state index contributed by atoms with van der Waals surface area (Å²) in [4.78, 5) is 27.9. The van der Waals surface area contributed by atoms with Crippen LogP contribution in [0.3, 0.4) is 0 Å². The Hall–Kier alpha value is -1.21. The van der Waals surface area contributed by atoms with Crippen molar-refractivity contribution in [3.05, 3.63) is 68.1 Å². The second kappa shape index (κ2) is 13.0. The first kappa shape index (κ1) is 26.4. The van der Waals surface area contributed by atoms with Crippen molar-refractivity contribution >= 4 is 62.7 Å². The molecule has 1 fully saturated rings. The van der Waals surface area contributed by atoms with Gasteiger partial charge in [0, 0.05) is 22.8 Å². The fraction of sp³-hybridized carbons (Fsp3) is 0.440. The summed E-state index contributed by atoms with van der Waals surface area (Å²) in [5.41, 5.74) is 1.99. The Kier molecular flexibility index (Phi) is 10.4. The van der Waals surface area contributed by atoms with Crippen LogP contribution in [0.5, 0.6) is 0 Å². The van der Waals surface area contributed by atoms with E-state index in [9.17, 15) is 9.59 Å². The number of thioether (sulfide) groups is 1. The van der Waals surface area contributed by atoms with E-state index in [1.807, 2.05) is 43.3 Å². The lowest BCUT2D eigenvalue weighted by Gasteiger charge is -2.31. The molecule has 0 spiro atoms. The Morgan fingerprint density at radius 3 is 2.39 bits per heavy atom. The predicted octanol–water partition coefficient (Wildman–Crippen LogP) is 6.86. The highest BCUT2D eigenvalue weighted by Crippen LogP contribution is 2.25. The largest absolute Gasteiger partial charge is 0.352 e. The van der Waals surface area contributed by atoms with E-state index < -0.39 is 6.04 Å². The van der Waals surface area contributed by atoms with E-state index in [0.717, 1.165) is 41.3 Å². The van der Waals surface area contributed by atoms with Gasteiger partial charge in [0.25, 0.3) is 0 Å². The van der Waals surface area contributed by atoms with Crippen molar-refractivity contribution in [2.75, 3.05) is 5.75 Å². The molecule has 2 aromatic rings. The van der Waals surface area contributed by atoms with Crippen molar-refractivity contribution in [2.24, 2.45) is 0 Å². The molecule has 0 saturated heterocycles. The second-order valence-electron chi connectivity index (χ2n) is 8.41. The number of nitrogens with one attached hydrogen (secondary N) is 1. The number of amides is 2. The summed E-state index contributed by atoms with van der Waals surface area (Å²) in [6, 6.07) is 13.0. The van der Waals surface area contributed by atoms with Crippen LogP contribution in [0.15, 0.2) is 46.9 Å². The Balaban J connectivity index is 1.65. The van der Waals surface area contributed by atoms with E-state index in [-0.39, 0.29) is 23.6 Å². The van der Waals surface area contributed by atoms with Crippen LogP contribution in [0, 0.1) is 0 Å². The van der Waals surface area contributed by atoms with Crippen LogP contribution >= 0.6 is 50.9 Å². The maximum atomic E-state index is 13.2. The fourth-order valence-electron chi connectivity index (χ4n) is 3.91. The van der Waals surface area contributed by atoms with Crippen molar-refractivity contribution in [1.82, 2.24) is 10.2 Å². The molecule has 4 nitrogen and oxygen atoms in total. The monoisotopic (exact) mass is 570 g/mol. The van der Waals surface area contributed by atoms with Gasteiger partial charge in [-0.3, -0.25) is 9.59 Å². The topological polar surface area (TPSA) is 49.4 Å². The zero-order chi connectivity index (χ0) is 23.8. The normalized spacial score (nSPS) is 15.2. The molecule has 1 N–H and O–H groups in total. The third-order valence-corrected chi connectivity index (χ3v) is 8.12. The number of rotatable bonds is 9. The van der Waals surface area contributed by atoms with Gasteiger partial charge in [-0.25, -0.2) is 0 Å². The summed E-state index contributed by atoms with van der Waals surface area (Å²) in [6.07, 6.45) is 5.54. The highest BCUT2D eigenvalue weighted by Gasteiger charge is 2.28. The molecule has 33 heavy (non-hydrogen) atoms. The summed E-state index contributed by atoms with van der Waals surface area (Å²) in [5, 5.41) is 4.19. The average molecular weight is 572 g/mol. The standard InChI is InChI=1S/C25H29BrCl2N2O2S/c1-17(25(32)29-21-5-3-2-4-6-21)30(14-18-7-10-20(26)11-8-18)24(31)16-33-15-19-9-12-22(27)23(28)13-19/h7-13,17,21H,2-6,14-16H2,1H3,(H,29,32)/t17-/m1/s1. The molecule has 2 aromatic carbocycles. The molecule has 0 aromatic heterocycles. The molecule has 8 heteroatoms. The molecule has 1 aliphatic rings. The van der Waals surface area contributed by atoms with Crippen LogP contribution in [-0.2, 0) is 21.9 Å². The van der Waals surface area contributed by atoms with E-state index in [2.05, 4.69) is 21.2 Å². The first-order valence-corrected chi connectivity index (χ1v) is 13.9. The van der Waals surface area contributed by atoms with Gasteiger partial charge in [-0.05, 0) is 55.2 Å². The van der Waals surface area contributed by atoms with Crippen molar-refractivity contribution < 1.29 is 9.59 Å². The maximum Gasteiger partial charge on any atom is 0.242 e. The molecule has 0 aliphatic heterocycles. The average Bonchev–Trinajstić information content (AvgIpc) is 2.81. The van der Waals surface area contributed by atoms with Crippen molar-refractivity contribution in [2.45, 2.75) is 63.4 Å². The minimum absolute atomic E-state index is 0.0609. The van der Waals surface area contributed by atoms with Gasteiger partial charge in [-0.15, -0.1) is 11.8 Å². The van der Waals surface area contributed by atoms with Gasteiger partial charge in [0.05, 0.1) is 15.8 Å². The smallest absolute Gasteiger partial charge is 0.242 e. The molecule has 0 heterocycles. The molecular formula is C25H29BrCl2N2O2S. The second-order valence-corrected chi connectivity index (χ2v) is 11.1. The molecule has 1 atom stereocenters. The zero-order valence-electron chi connectivity index (χ0n) is 18.7. The third-order valence-electron chi connectivity index (χ3n) is 5.86. The summed E-state index contributed by atoms with van der Waals surface area (Å²) in [7, 11) is 0. The van der Waals surface area contributed by atoms with Crippen LogP contribution < -0.4 is 5.32 Å². The molecule has 0 radical (unpaired) electrons. The first-order valence-electron chi connectivity index (χ1n) is 11.2. The Morgan fingerprint density at radius 1 is 1.06 bits per heavy atom. The fourth-order valence-corrected chi connectivity index (χ4v) is 5.35. The van der Waals surface area contributed by atoms with Gasteiger partial charge < -0.3 is 10.2 Å². The number of hydrogen-bond acceptors (Lipinski definition) is 3. The molecule has 2 amide bonds. The van der Waals surface area contributed by atoms with Gasteiger partial charge in [-0.1, -0.05) is 76.6 Å². The summed E-state index contributed by atoms with van der Waals surface area (Å²) in [6.45, 7) is 2.21. The lowest BCUT2D eigenvalue weighted by atomic mass is 9.95. The quantitative estimate of drug-likeness (QED) is 0.358. The molecule has 0 bridgehead atoms. The Morgan fingerprint density at radius 2 is 1.73 bits per heavy atom. The minimum atomic E-state index is -0.548. The van der Waals surface area contributed by atoms with Crippen molar-refractivity contribution in [1.29, 1.82) is 0 Å². The summed E-state index contributed by atoms with van der Waals surface area (Å²) < 4.78 is 0.976. The summed E-state index contributed by atoms with van der Waals surface area (Å²) in [5.74, 6) is 0.769.